The van der Waals surface area contributed by atoms with Gasteiger partial charge in [-0.2, -0.15) is 26.3 Å². The minimum atomic E-state index is -4.80. The van der Waals surface area contributed by atoms with Crippen LogP contribution in [0.1, 0.15) is 11.1 Å². The first-order valence-corrected chi connectivity index (χ1v) is 8.79. The van der Waals surface area contributed by atoms with E-state index in [-0.39, 0.29) is 34.2 Å². The molecule has 0 atom stereocenters. The SMILES string of the molecule is [C-]#[N+]c1cnc(-c2cnc3c(Nc4ncc(C(F)(F)F)cn4)ccnc3n2)c(C(F)(F)F)c1. The van der Waals surface area contributed by atoms with Crippen LogP contribution < -0.4 is 5.32 Å². The van der Waals surface area contributed by atoms with Crippen LogP contribution in [0.15, 0.2) is 43.1 Å². The quantitative estimate of drug-likeness (QED) is 0.330. The third kappa shape index (κ3) is 4.47. The lowest BCUT2D eigenvalue weighted by Crippen LogP contribution is -2.09. The van der Waals surface area contributed by atoms with Crippen LogP contribution >= 0.6 is 0 Å². The van der Waals surface area contributed by atoms with Crippen molar-refractivity contribution in [2.45, 2.75) is 12.4 Å². The van der Waals surface area contributed by atoms with Gasteiger partial charge in [-0.3, -0.25) is 4.98 Å². The highest BCUT2D eigenvalue weighted by atomic mass is 19.4. The van der Waals surface area contributed by atoms with Crippen LogP contribution in [0.5, 0.6) is 0 Å². The summed E-state index contributed by atoms with van der Waals surface area (Å²) in [6.45, 7) is 6.89. The van der Waals surface area contributed by atoms with E-state index < -0.39 is 29.2 Å². The van der Waals surface area contributed by atoms with Gasteiger partial charge in [0.15, 0.2) is 5.65 Å². The molecule has 4 aromatic rings. The van der Waals surface area contributed by atoms with Gasteiger partial charge in [-0.15, -0.1) is 0 Å². The first-order chi connectivity index (χ1) is 15.6. The molecule has 4 aromatic heterocycles. The van der Waals surface area contributed by atoms with Crippen molar-refractivity contribution in [2.24, 2.45) is 0 Å². The van der Waals surface area contributed by atoms with Crippen LogP contribution in [0.25, 0.3) is 27.4 Å². The number of anilines is 2. The zero-order chi connectivity index (χ0) is 23.8. The summed E-state index contributed by atoms with van der Waals surface area (Å²) in [5, 5.41) is 2.67. The van der Waals surface area contributed by atoms with Crippen molar-refractivity contribution in [3.63, 3.8) is 0 Å². The molecule has 0 bridgehead atoms. The number of pyridine rings is 2. The van der Waals surface area contributed by atoms with Crippen molar-refractivity contribution in [1.82, 2.24) is 29.9 Å². The lowest BCUT2D eigenvalue weighted by molar-refractivity contribution is -0.138. The largest absolute Gasteiger partial charge is 0.419 e. The molecule has 0 amide bonds. The van der Waals surface area contributed by atoms with E-state index >= 15 is 0 Å². The van der Waals surface area contributed by atoms with E-state index in [9.17, 15) is 26.3 Å². The van der Waals surface area contributed by atoms with Gasteiger partial charge >= 0.3 is 12.4 Å². The molecule has 0 aliphatic rings. The molecule has 14 heteroatoms. The third-order valence-corrected chi connectivity index (χ3v) is 4.22. The van der Waals surface area contributed by atoms with Gasteiger partial charge < -0.3 is 5.32 Å². The van der Waals surface area contributed by atoms with Crippen molar-refractivity contribution in [3.05, 3.63) is 65.7 Å². The maximum Gasteiger partial charge on any atom is 0.419 e. The van der Waals surface area contributed by atoms with Crippen molar-refractivity contribution >= 4 is 28.5 Å². The van der Waals surface area contributed by atoms with Gasteiger partial charge in [0.1, 0.15) is 11.2 Å². The summed E-state index contributed by atoms with van der Waals surface area (Å²) >= 11 is 0. The van der Waals surface area contributed by atoms with Crippen LogP contribution in [-0.2, 0) is 12.4 Å². The summed E-state index contributed by atoms with van der Waals surface area (Å²) in [6, 6.07) is 2.08. The molecule has 4 rings (SSSR count). The van der Waals surface area contributed by atoms with E-state index in [1.807, 2.05) is 0 Å². The summed E-state index contributed by atoms with van der Waals surface area (Å²) in [6.07, 6.45) is -4.90. The molecular formula is C19H8F6N8. The maximum atomic E-state index is 13.5. The van der Waals surface area contributed by atoms with Crippen molar-refractivity contribution in [1.29, 1.82) is 0 Å². The number of aromatic nitrogens is 6. The van der Waals surface area contributed by atoms with Crippen LogP contribution in [0.3, 0.4) is 0 Å². The molecule has 8 nitrogen and oxygen atoms in total. The molecule has 33 heavy (non-hydrogen) atoms. The van der Waals surface area contributed by atoms with Gasteiger partial charge in [0.2, 0.25) is 11.6 Å². The molecule has 166 valence electrons. The monoisotopic (exact) mass is 462 g/mol. The van der Waals surface area contributed by atoms with Gasteiger partial charge in [-0.1, -0.05) is 0 Å². The van der Waals surface area contributed by atoms with E-state index in [1.54, 1.807) is 0 Å². The lowest BCUT2D eigenvalue weighted by atomic mass is 10.1. The van der Waals surface area contributed by atoms with Gasteiger partial charge in [-0.25, -0.2) is 29.8 Å². The van der Waals surface area contributed by atoms with E-state index in [0.29, 0.717) is 18.5 Å². The van der Waals surface area contributed by atoms with Crippen LogP contribution in [0, 0.1) is 6.57 Å². The molecule has 1 N–H and O–H groups in total. The topological polar surface area (TPSA) is 93.7 Å². The Morgan fingerprint density at radius 2 is 1.58 bits per heavy atom. The number of rotatable bonds is 3. The number of nitrogens with one attached hydrogen (secondary N) is 1. The molecule has 0 aliphatic heterocycles. The fraction of sp³-hybridized carbons (Fsp3) is 0.105. The standard InChI is InChI=1S/C19H8F6N8/c1-26-10-4-11(19(23,24)25)14(28-7-10)13-8-29-15-12(2-3-27-16(15)32-13)33-17-30-5-9(6-31-17)18(20,21)22/h2-8H,(H,27,30,31,32,33). The Bertz CT molecular complexity index is 1380. The number of fused-ring (bicyclic) bond motifs is 1. The van der Waals surface area contributed by atoms with Crippen molar-refractivity contribution < 1.29 is 26.3 Å². The highest BCUT2D eigenvalue weighted by molar-refractivity contribution is 5.87. The van der Waals surface area contributed by atoms with Crippen LogP contribution in [0.2, 0.25) is 0 Å². The predicted molar refractivity (Wildman–Crippen MR) is 102 cm³/mol. The smallest absolute Gasteiger partial charge is 0.322 e. The van der Waals surface area contributed by atoms with E-state index in [1.165, 1.54) is 12.3 Å². The molecule has 0 unspecified atom stereocenters. The molecule has 0 aromatic carbocycles. The third-order valence-electron chi connectivity index (χ3n) is 4.22. The molecule has 0 fully saturated rings. The first kappa shape index (κ1) is 21.8. The van der Waals surface area contributed by atoms with Crippen molar-refractivity contribution in [3.8, 4) is 11.4 Å². The second kappa shape index (κ2) is 7.93. The summed E-state index contributed by atoms with van der Waals surface area (Å²) in [5.74, 6) is -0.169. The average Bonchev–Trinajstić information content (AvgIpc) is 2.77. The zero-order valence-electron chi connectivity index (χ0n) is 15.9. The van der Waals surface area contributed by atoms with Gasteiger partial charge in [0.25, 0.3) is 0 Å². The Hall–Kier alpha value is -4.41. The van der Waals surface area contributed by atoms with Crippen LogP contribution in [-0.4, -0.2) is 29.9 Å². The van der Waals surface area contributed by atoms with E-state index in [2.05, 4.69) is 40.1 Å². The second-order valence-corrected chi connectivity index (χ2v) is 6.40. The molecule has 0 radical (unpaired) electrons. The Kier molecular flexibility index (Phi) is 5.24. The number of halogens is 6. The number of hydrogen-bond donors (Lipinski definition) is 1. The second-order valence-electron chi connectivity index (χ2n) is 6.40. The molecule has 4 heterocycles. The number of hydrogen-bond acceptors (Lipinski definition) is 7. The fourth-order valence-electron chi connectivity index (χ4n) is 2.73. The van der Waals surface area contributed by atoms with Crippen LogP contribution in [0.4, 0.5) is 43.7 Å². The summed E-state index contributed by atoms with van der Waals surface area (Å²) in [4.78, 5) is 26.0. The van der Waals surface area contributed by atoms with Gasteiger partial charge in [-0.05, 0) is 12.1 Å². The number of alkyl halides is 6. The normalized spacial score (nSPS) is 11.9. The summed E-state index contributed by atoms with van der Waals surface area (Å²) in [7, 11) is 0. The van der Waals surface area contributed by atoms with Gasteiger partial charge in [0.05, 0.1) is 35.3 Å². The Morgan fingerprint density at radius 1 is 0.848 bits per heavy atom. The maximum absolute atomic E-state index is 13.5. The van der Waals surface area contributed by atoms with Crippen molar-refractivity contribution in [2.75, 3.05) is 5.32 Å². The molecule has 0 saturated carbocycles. The Morgan fingerprint density at radius 3 is 2.21 bits per heavy atom. The Balaban J connectivity index is 1.72. The van der Waals surface area contributed by atoms with E-state index in [4.69, 9.17) is 6.57 Å². The lowest BCUT2D eigenvalue weighted by Gasteiger charge is -2.13. The minimum absolute atomic E-state index is 0.0615. The summed E-state index contributed by atoms with van der Waals surface area (Å²) < 4.78 is 78.4. The average molecular weight is 462 g/mol. The highest BCUT2D eigenvalue weighted by Gasteiger charge is 2.35. The molecular weight excluding hydrogens is 454 g/mol. The molecule has 0 saturated heterocycles. The molecule has 0 aliphatic carbocycles. The predicted octanol–water partition coefficient (Wildman–Crippen LogP) is 5.21. The highest BCUT2D eigenvalue weighted by Crippen LogP contribution is 2.37. The fourth-order valence-corrected chi connectivity index (χ4v) is 2.73. The first-order valence-electron chi connectivity index (χ1n) is 8.79. The number of nitrogens with zero attached hydrogens (tertiary/aromatic N) is 7. The minimum Gasteiger partial charge on any atom is -0.322 e. The van der Waals surface area contributed by atoms with E-state index in [0.717, 1.165) is 12.4 Å². The summed E-state index contributed by atoms with van der Waals surface area (Å²) in [5.41, 5.74) is -2.99. The van der Waals surface area contributed by atoms with Gasteiger partial charge in [0, 0.05) is 24.8 Å². The zero-order valence-corrected chi connectivity index (χ0v) is 15.9. The Labute approximate surface area is 180 Å². The molecule has 0 spiro atoms.